The van der Waals surface area contributed by atoms with Crippen molar-refractivity contribution in [3.63, 3.8) is 0 Å². The van der Waals surface area contributed by atoms with Crippen molar-refractivity contribution in [1.29, 1.82) is 0 Å². The van der Waals surface area contributed by atoms with Gasteiger partial charge in [0.25, 0.3) is 15.9 Å². The summed E-state index contributed by atoms with van der Waals surface area (Å²) in [6.45, 7) is 8.35. The maximum Gasteiger partial charge on any atom is 0.255 e. The number of aryl methyl sites for hydroxylation is 2. The number of hydrogen-bond donors (Lipinski definition) is 2. The molecule has 4 heterocycles. The number of nitrogens with zero attached hydrogens (tertiary/aromatic N) is 5. The van der Waals surface area contributed by atoms with Gasteiger partial charge in [0, 0.05) is 55.4 Å². The van der Waals surface area contributed by atoms with E-state index in [4.69, 9.17) is 10.1 Å². The number of amides is 1. The van der Waals surface area contributed by atoms with Gasteiger partial charge in [-0.25, -0.2) is 28.5 Å². The Labute approximate surface area is 217 Å². The number of likely N-dealkylation sites (tertiary alicyclic amines) is 1. The number of nitrogens with one attached hydrogen (secondary N) is 1. The van der Waals surface area contributed by atoms with Crippen LogP contribution in [0.2, 0.25) is 0 Å². The molecule has 1 aromatic carbocycles. The number of hydrogen-bond acceptors (Lipinski definition) is 8. The normalized spacial score (nSPS) is 20.1. The maximum absolute atomic E-state index is 13.1. The zero-order valence-corrected chi connectivity index (χ0v) is 22.0. The molecule has 37 heavy (non-hydrogen) atoms. The Bertz CT molecular complexity index is 1420. The van der Waals surface area contributed by atoms with Crippen LogP contribution in [0.4, 0.5) is 11.6 Å². The number of nitrogens with two attached hydrogens (primary N) is 1. The van der Waals surface area contributed by atoms with Gasteiger partial charge >= 0.3 is 0 Å². The largest absolute Gasteiger partial charge is 0.336 e. The molecule has 0 unspecified atom stereocenters. The summed E-state index contributed by atoms with van der Waals surface area (Å²) < 4.78 is 22.9. The third kappa shape index (κ3) is 5.48. The first kappa shape index (κ1) is 25.2. The summed E-state index contributed by atoms with van der Waals surface area (Å²) in [6, 6.07) is 9.38. The highest BCUT2D eigenvalue weighted by molar-refractivity contribution is 7.89. The van der Waals surface area contributed by atoms with Crippen LogP contribution in [0.5, 0.6) is 0 Å². The molecule has 2 aromatic heterocycles. The van der Waals surface area contributed by atoms with Crippen LogP contribution < -0.4 is 10.5 Å². The standard InChI is InChI=1S/C26H31N7O3S/c1-16-8-17(2)10-21(9-16)30-26-29-13-20-14-32(15-23(20)31-26)22-6-7-33(18(3)11-22)25(34)19-4-5-24(28-12-19)37(27,35)36/h4-5,8-10,12-13,18,22H,6-7,11,14-15H2,1-3H3,(H2,27,35,36)(H,29,30,31)/t18-,22-/m1/s1. The van der Waals surface area contributed by atoms with Crippen molar-refractivity contribution >= 4 is 27.6 Å². The molecule has 5 rings (SSSR count). The number of carbonyl (C=O) groups is 1. The Balaban J connectivity index is 1.21. The van der Waals surface area contributed by atoms with Crippen LogP contribution in [0.3, 0.4) is 0 Å². The summed E-state index contributed by atoms with van der Waals surface area (Å²) in [4.78, 5) is 30.5. The molecule has 1 amide bonds. The van der Waals surface area contributed by atoms with Crippen LogP contribution >= 0.6 is 0 Å². The minimum absolute atomic E-state index is 0.0285. The fourth-order valence-corrected chi connectivity index (χ4v) is 5.75. The minimum atomic E-state index is -3.90. The Morgan fingerprint density at radius 3 is 2.49 bits per heavy atom. The van der Waals surface area contributed by atoms with E-state index < -0.39 is 10.0 Å². The van der Waals surface area contributed by atoms with Crippen molar-refractivity contribution in [3.8, 4) is 0 Å². The van der Waals surface area contributed by atoms with Crippen molar-refractivity contribution in [1.82, 2.24) is 24.8 Å². The predicted octanol–water partition coefficient (Wildman–Crippen LogP) is 2.89. The van der Waals surface area contributed by atoms with E-state index >= 15 is 0 Å². The van der Waals surface area contributed by atoms with Crippen LogP contribution in [0.25, 0.3) is 0 Å². The van der Waals surface area contributed by atoms with E-state index in [0.29, 0.717) is 24.1 Å². The Kier molecular flexibility index (Phi) is 6.69. The summed E-state index contributed by atoms with van der Waals surface area (Å²) in [7, 11) is -3.90. The molecule has 1 fully saturated rings. The van der Waals surface area contributed by atoms with Crippen LogP contribution in [-0.4, -0.2) is 57.7 Å². The summed E-state index contributed by atoms with van der Waals surface area (Å²) >= 11 is 0. The second-order valence-electron chi connectivity index (χ2n) is 10.0. The molecule has 0 saturated carbocycles. The first-order valence-electron chi connectivity index (χ1n) is 12.3. The number of primary sulfonamides is 1. The van der Waals surface area contributed by atoms with Crippen LogP contribution in [0, 0.1) is 13.8 Å². The van der Waals surface area contributed by atoms with E-state index in [1.54, 1.807) is 0 Å². The molecule has 0 radical (unpaired) electrons. The van der Waals surface area contributed by atoms with Crippen molar-refractivity contribution in [2.75, 3.05) is 11.9 Å². The highest BCUT2D eigenvalue weighted by atomic mass is 32.2. The number of sulfonamides is 1. The van der Waals surface area contributed by atoms with Gasteiger partial charge < -0.3 is 10.2 Å². The number of aromatic nitrogens is 3. The lowest BCUT2D eigenvalue weighted by Gasteiger charge is -2.41. The lowest BCUT2D eigenvalue weighted by molar-refractivity contribution is 0.0460. The highest BCUT2D eigenvalue weighted by Gasteiger charge is 2.35. The van der Waals surface area contributed by atoms with E-state index in [1.807, 2.05) is 18.0 Å². The number of fused-ring (bicyclic) bond motifs is 1. The molecule has 0 bridgehead atoms. The van der Waals surface area contributed by atoms with Crippen LogP contribution in [-0.2, 0) is 23.1 Å². The summed E-state index contributed by atoms with van der Waals surface area (Å²) in [5, 5.41) is 8.19. The topological polar surface area (TPSA) is 134 Å². The second-order valence-corrected chi connectivity index (χ2v) is 11.5. The Morgan fingerprint density at radius 2 is 1.84 bits per heavy atom. The van der Waals surface area contributed by atoms with E-state index in [9.17, 15) is 13.2 Å². The number of carbonyl (C=O) groups excluding carboxylic acids is 1. The van der Waals surface area contributed by atoms with E-state index in [-0.39, 0.29) is 17.0 Å². The molecule has 0 aliphatic carbocycles. The molecular weight excluding hydrogens is 490 g/mol. The summed E-state index contributed by atoms with van der Waals surface area (Å²) in [5.74, 6) is 0.443. The highest BCUT2D eigenvalue weighted by Crippen LogP contribution is 2.31. The lowest BCUT2D eigenvalue weighted by atomic mass is 9.96. The second kappa shape index (κ2) is 9.81. The first-order valence-corrected chi connectivity index (χ1v) is 13.9. The van der Waals surface area contributed by atoms with E-state index in [1.165, 1.54) is 29.5 Å². The average Bonchev–Trinajstić information content (AvgIpc) is 3.26. The fourth-order valence-electron chi connectivity index (χ4n) is 5.29. The Hall–Kier alpha value is -3.41. The molecule has 3 N–H and O–H groups in total. The Morgan fingerprint density at radius 1 is 1.08 bits per heavy atom. The smallest absolute Gasteiger partial charge is 0.255 e. The molecule has 0 spiro atoms. The molecule has 2 atom stereocenters. The number of anilines is 2. The number of piperidine rings is 1. The van der Waals surface area contributed by atoms with Gasteiger partial charge in [-0.05, 0) is 69.0 Å². The van der Waals surface area contributed by atoms with Gasteiger partial charge in [-0.3, -0.25) is 9.69 Å². The third-order valence-electron chi connectivity index (χ3n) is 7.06. The van der Waals surface area contributed by atoms with E-state index in [2.05, 4.69) is 52.2 Å². The van der Waals surface area contributed by atoms with Crippen molar-refractivity contribution in [2.24, 2.45) is 5.14 Å². The van der Waals surface area contributed by atoms with Crippen molar-refractivity contribution < 1.29 is 13.2 Å². The third-order valence-corrected chi connectivity index (χ3v) is 7.88. The molecule has 3 aromatic rings. The molecule has 2 aliphatic rings. The minimum Gasteiger partial charge on any atom is -0.336 e. The van der Waals surface area contributed by atoms with Gasteiger partial charge in [0.05, 0.1) is 11.3 Å². The predicted molar refractivity (Wildman–Crippen MR) is 140 cm³/mol. The molecule has 10 nitrogen and oxygen atoms in total. The van der Waals surface area contributed by atoms with Crippen molar-refractivity contribution in [2.45, 2.75) is 63.8 Å². The quantitative estimate of drug-likeness (QED) is 0.523. The maximum atomic E-state index is 13.1. The molecular formula is C26H31N7O3S. The summed E-state index contributed by atoms with van der Waals surface area (Å²) in [5.41, 5.74) is 5.88. The zero-order chi connectivity index (χ0) is 26.3. The zero-order valence-electron chi connectivity index (χ0n) is 21.2. The van der Waals surface area contributed by atoms with Gasteiger partial charge in [-0.1, -0.05) is 6.07 Å². The average molecular weight is 522 g/mol. The number of rotatable bonds is 5. The fraction of sp³-hybridized carbons (Fsp3) is 0.385. The monoisotopic (exact) mass is 521 g/mol. The van der Waals surface area contributed by atoms with Crippen LogP contribution in [0.1, 0.15) is 52.5 Å². The molecule has 2 aliphatic heterocycles. The summed E-state index contributed by atoms with van der Waals surface area (Å²) in [6.07, 6.45) is 4.87. The molecule has 11 heteroatoms. The molecule has 1 saturated heterocycles. The van der Waals surface area contributed by atoms with E-state index in [0.717, 1.165) is 42.9 Å². The van der Waals surface area contributed by atoms with Gasteiger partial charge in [-0.15, -0.1) is 0 Å². The van der Waals surface area contributed by atoms with Gasteiger partial charge in [0.15, 0.2) is 5.03 Å². The number of pyridine rings is 1. The lowest BCUT2D eigenvalue weighted by Crippen LogP contribution is -2.50. The number of benzene rings is 1. The van der Waals surface area contributed by atoms with Crippen LogP contribution in [0.15, 0.2) is 47.8 Å². The molecule has 194 valence electrons. The SMILES string of the molecule is Cc1cc(C)cc(Nc2ncc3c(n2)CN([C@@H]2CCN(C(=O)c4ccc(S(N)(=O)=O)nc4)[C@H](C)C2)C3)c1. The van der Waals surface area contributed by atoms with Gasteiger partial charge in [-0.2, -0.15) is 0 Å². The van der Waals surface area contributed by atoms with Gasteiger partial charge in [0.2, 0.25) is 5.95 Å². The van der Waals surface area contributed by atoms with Crippen molar-refractivity contribution in [3.05, 3.63) is 70.7 Å². The first-order chi connectivity index (χ1) is 17.6. The van der Waals surface area contributed by atoms with Gasteiger partial charge in [0.1, 0.15) is 0 Å².